The molecule has 1 aromatic rings. The lowest BCUT2D eigenvalue weighted by molar-refractivity contribution is 0.0642. The summed E-state index contributed by atoms with van der Waals surface area (Å²) in [6.45, 7) is 5.69. The van der Waals surface area contributed by atoms with Crippen LogP contribution in [-0.4, -0.2) is 18.0 Å². The highest BCUT2D eigenvalue weighted by atomic mass is 15.1. The number of aryl methyl sites for hydroxylation is 1. The Hall–Kier alpha value is -1.02. The van der Waals surface area contributed by atoms with Gasteiger partial charge in [-0.05, 0) is 62.7 Å². The Morgan fingerprint density at radius 1 is 1.05 bits per heavy atom. The minimum atomic E-state index is 0.701. The van der Waals surface area contributed by atoms with Gasteiger partial charge in [-0.3, -0.25) is 4.90 Å². The average molecular weight is 272 g/mol. The van der Waals surface area contributed by atoms with Gasteiger partial charge in [-0.1, -0.05) is 37.0 Å². The average Bonchev–Trinajstić information content (AvgIpc) is 2.47. The van der Waals surface area contributed by atoms with Gasteiger partial charge in [-0.25, -0.2) is 0 Å². The van der Waals surface area contributed by atoms with Crippen molar-refractivity contribution >= 4 is 5.69 Å². The maximum absolute atomic E-state index is 6.12. The Balaban J connectivity index is 1.59. The third kappa shape index (κ3) is 3.01. The van der Waals surface area contributed by atoms with Crippen molar-refractivity contribution in [2.75, 3.05) is 18.8 Å². The first-order valence-corrected chi connectivity index (χ1v) is 8.24. The van der Waals surface area contributed by atoms with Crippen LogP contribution in [0.5, 0.6) is 0 Å². The Morgan fingerprint density at radius 3 is 2.45 bits per heavy atom. The lowest BCUT2D eigenvalue weighted by atomic mass is 9.68. The van der Waals surface area contributed by atoms with Crippen molar-refractivity contribution in [2.45, 2.75) is 58.4 Å². The normalized spacial score (nSPS) is 23.1. The van der Waals surface area contributed by atoms with Crippen LogP contribution in [0.2, 0.25) is 0 Å². The van der Waals surface area contributed by atoms with Gasteiger partial charge in [0.1, 0.15) is 0 Å². The predicted octanol–water partition coefficient (Wildman–Crippen LogP) is 4.12. The van der Waals surface area contributed by atoms with Crippen LogP contribution in [0, 0.1) is 12.3 Å². The van der Waals surface area contributed by atoms with E-state index in [1.165, 1.54) is 69.2 Å². The van der Waals surface area contributed by atoms with Gasteiger partial charge >= 0.3 is 0 Å². The Labute approximate surface area is 123 Å². The lowest BCUT2D eigenvalue weighted by Gasteiger charge is -2.44. The molecule has 20 heavy (non-hydrogen) atoms. The fraction of sp³-hybridized carbons (Fsp3) is 0.667. The lowest BCUT2D eigenvalue weighted by Crippen LogP contribution is -2.40. The van der Waals surface area contributed by atoms with E-state index in [4.69, 9.17) is 5.73 Å². The quantitative estimate of drug-likeness (QED) is 0.820. The van der Waals surface area contributed by atoms with E-state index in [2.05, 4.69) is 30.0 Å². The van der Waals surface area contributed by atoms with E-state index >= 15 is 0 Å². The zero-order valence-electron chi connectivity index (χ0n) is 12.8. The molecular formula is C18H28N2. The first-order chi connectivity index (χ1) is 9.67. The van der Waals surface area contributed by atoms with E-state index in [0.717, 1.165) is 12.2 Å². The standard InChI is InChI=1S/C18H28N2/c1-15-5-6-17(19)16(13-15)14-20-11-9-18(10-12-20)7-3-2-4-8-18/h5-6,13H,2-4,7-12,14,19H2,1H3. The van der Waals surface area contributed by atoms with Gasteiger partial charge in [0, 0.05) is 12.2 Å². The third-order valence-corrected chi connectivity index (χ3v) is 5.52. The van der Waals surface area contributed by atoms with Gasteiger partial charge in [0.05, 0.1) is 0 Å². The molecule has 2 fully saturated rings. The monoisotopic (exact) mass is 272 g/mol. The van der Waals surface area contributed by atoms with Gasteiger partial charge < -0.3 is 5.73 Å². The van der Waals surface area contributed by atoms with E-state index < -0.39 is 0 Å². The molecular weight excluding hydrogens is 244 g/mol. The topological polar surface area (TPSA) is 29.3 Å². The largest absolute Gasteiger partial charge is 0.398 e. The van der Waals surface area contributed by atoms with Crippen molar-refractivity contribution in [1.29, 1.82) is 0 Å². The van der Waals surface area contributed by atoms with E-state index in [1.54, 1.807) is 0 Å². The van der Waals surface area contributed by atoms with Crippen LogP contribution in [0.25, 0.3) is 0 Å². The molecule has 1 aromatic carbocycles. The summed E-state index contributed by atoms with van der Waals surface area (Å²) in [6, 6.07) is 6.41. The van der Waals surface area contributed by atoms with Crippen LogP contribution < -0.4 is 5.73 Å². The Morgan fingerprint density at radius 2 is 1.75 bits per heavy atom. The summed E-state index contributed by atoms with van der Waals surface area (Å²) >= 11 is 0. The minimum Gasteiger partial charge on any atom is -0.398 e. The molecule has 0 amide bonds. The number of hydrogen-bond donors (Lipinski definition) is 1. The third-order valence-electron chi connectivity index (χ3n) is 5.52. The molecule has 2 heteroatoms. The van der Waals surface area contributed by atoms with Crippen LogP contribution in [0.3, 0.4) is 0 Å². The van der Waals surface area contributed by atoms with Crippen molar-refractivity contribution in [2.24, 2.45) is 5.41 Å². The highest BCUT2D eigenvalue weighted by Crippen LogP contribution is 2.44. The molecule has 0 aromatic heterocycles. The molecule has 2 aliphatic rings. The molecule has 0 atom stereocenters. The van der Waals surface area contributed by atoms with Crippen LogP contribution >= 0.6 is 0 Å². The molecule has 1 spiro atoms. The maximum Gasteiger partial charge on any atom is 0.0359 e. The first-order valence-electron chi connectivity index (χ1n) is 8.24. The molecule has 1 aliphatic carbocycles. The summed E-state index contributed by atoms with van der Waals surface area (Å²) in [5.74, 6) is 0. The first kappa shape index (κ1) is 13.9. The number of likely N-dealkylation sites (tertiary alicyclic amines) is 1. The fourth-order valence-electron chi connectivity index (χ4n) is 4.10. The van der Waals surface area contributed by atoms with Crippen molar-refractivity contribution in [1.82, 2.24) is 4.90 Å². The van der Waals surface area contributed by atoms with Gasteiger partial charge in [-0.2, -0.15) is 0 Å². The number of rotatable bonds is 2. The second-order valence-corrected chi connectivity index (χ2v) is 7.04. The summed E-state index contributed by atoms with van der Waals surface area (Å²) < 4.78 is 0. The number of benzene rings is 1. The number of nitrogens with two attached hydrogens (primary N) is 1. The SMILES string of the molecule is Cc1ccc(N)c(CN2CCC3(CCCCC3)CC2)c1. The fourth-order valence-corrected chi connectivity index (χ4v) is 4.10. The van der Waals surface area contributed by atoms with E-state index in [9.17, 15) is 0 Å². The Bertz CT molecular complexity index is 450. The van der Waals surface area contributed by atoms with E-state index in [0.29, 0.717) is 5.41 Å². The van der Waals surface area contributed by atoms with Crippen molar-refractivity contribution < 1.29 is 0 Å². The summed E-state index contributed by atoms with van der Waals surface area (Å²) in [7, 11) is 0. The summed E-state index contributed by atoms with van der Waals surface area (Å²) in [4.78, 5) is 2.60. The number of anilines is 1. The number of piperidine rings is 1. The molecule has 1 saturated carbocycles. The number of nitrogens with zero attached hydrogens (tertiary/aromatic N) is 1. The van der Waals surface area contributed by atoms with Crippen LogP contribution in [0.15, 0.2) is 18.2 Å². The molecule has 0 unspecified atom stereocenters. The molecule has 0 bridgehead atoms. The zero-order chi connectivity index (χ0) is 14.0. The Kier molecular flexibility index (Phi) is 4.02. The molecule has 1 aliphatic heterocycles. The summed E-state index contributed by atoms with van der Waals surface area (Å²) in [5, 5.41) is 0. The summed E-state index contributed by atoms with van der Waals surface area (Å²) in [5.41, 5.74) is 10.4. The van der Waals surface area contributed by atoms with E-state index in [-0.39, 0.29) is 0 Å². The van der Waals surface area contributed by atoms with Gasteiger partial charge in [0.2, 0.25) is 0 Å². The maximum atomic E-state index is 6.12. The van der Waals surface area contributed by atoms with Gasteiger partial charge in [0.25, 0.3) is 0 Å². The number of nitrogen functional groups attached to an aromatic ring is 1. The number of hydrogen-bond acceptors (Lipinski definition) is 2. The second-order valence-electron chi connectivity index (χ2n) is 7.04. The molecule has 1 saturated heterocycles. The second kappa shape index (κ2) is 5.77. The molecule has 2 N–H and O–H groups in total. The molecule has 1 heterocycles. The van der Waals surface area contributed by atoms with E-state index in [1.807, 2.05) is 0 Å². The van der Waals surface area contributed by atoms with Crippen molar-refractivity contribution in [3.05, 3.63) is 29.3 Å². The van der Waals surface area contributed by atoms with Crippen molar-refractivity contribution in [3.63, 3.8) is 0 Å². The molecule has 110 valence electrons. The highest BCUT2D eigenvalue weighted by molar-refractivity contribution is 5.48. The van der Waals surface area contributed by atoms with Crippen LogP contribution in [0.1, 0.15) is 56.1 Å². The minimum absolute atomic E-state index is 0.701. The highest BCUT2D eigenvalue weighted by Gasteiger charge is 2.35. The molecule has 3 rings (SSSR count). The predicted molar refractivity (Wildman–Crippen MR) is 85.6 cm³/mol. The zero-order valence-corrected chi connectivity index (χ0v) is 12.8. The van der Waals surface area contributed by atoms with Gasteiger partial charge in [-0.15, -0.1) is 0 Å². The van der Waals surface area contributed by atoms with Gasteiger partial charge in [0.15, 0.2) is 0 Å². The summed E-state index contributed by atoms with van der Waals surface area (Å²) in [6.07, 6.45) is 10.2. The molecule has 2 nitrogen and oxygen atoms in total. The smallest absolute Gasteiger partial charge is 0.0359 e. The van der Waals surface area contributed by atoms with Crippen LogP contribution in [0.4, 0.5) is 5.69 Å². The van der Waals surface area contributed by atoms with Crippen molar-refractivity contribution in [3.8, 4) is 0 Å². The molecule has 0 radical (unpaired) electrons. The van der Waals surface area contributed by atoms with Crippen LogP contribution in [-0.2, 0) is 6.54 Å².